The highest BCUT2D eigenvalue weighted by Gasteiger charge is 2.45. The fraction of sp³-hybridized carbons (Fsp3) is 0.346. The number of sulfonamides is 1. The Labute approximate surface area is 220 Å². The van der Waals surface area contributed by atoms with E-state index in [0.717, 1.165) is 16.7 Å². The van der Waals surface area contributed by atoms with Crippen molar-refractivity contribution >= 4 is 33.2 Å². The van der Waals surface area contributed by atoms with Crippen LogP contribution in [-0.2, 0) is 39.0 Å². The Balaban J connectivity index is 1.40. The first kappa shape index (κ1) is 26.9. The normalized spacial score (nSPS) is 14.5. The summed E-state index contributed by atoms with van der Waals surface area (Å²) in [5.74, 6) is -1.29. The van der Waals surface area contributed by atoms with Crippen LogP contribution in [0.2, 0.25) is 0 Å². The monoisotopic (exact) mass is 542 g/mol. The number of likely N-dealkylation sites (N-methyl/N-ethyl adjacent to an activating group) is 1. The van der Waals surface area contributed by atoms with Crippen molar-refractivity contribution in [3.05, 3.63) is 70.0 Å². The zero-order valence-corrected chi connectivity index (χ0v) is 22.4. The molecule has 0 atom stereocenters. The minimum Gasteiger partial charge on any atom is -0.481 e. The number of amides is 1. The molecule has 0 radical (unpaired) electrons. The van der Waals surface area contributed by atoms with Crippen LogP contribution < -0.4 is 10.0 Å². The van der Waals surface area contributed by atoms with E-state index in [2.05, 4.69) is 15.0 Å². The Kier molecular flexibility index (Phi) is 8.08. The van der Waals surface area contributed by atoms with Gasteiger partial charge in [0, 0.05) is 24.0 Å². The van der Waals surface area contributed by atoms with Crippen molar-refractivity contribution in [1.29, 1.82) is 0 Å². The molecule has 0 unspecified atom stereocenters. The van der Waals surface area contributed by atoms with Gasteiger partial charge in [-0.15, -0.1) is 11.3 Å². The van der Waals surface area contributed by atoms with E-state index >= 15 is 0 Å². The Bertz CT molecular complexity index is 1360. The first-order valence-electron chi connectivity index (χ1n) is 11.8. The molecule has 3 aromatic rings. The number of nitrogens with one attached hydrogen (secondary N) is 2. The topological polar surface area (TPSA) is 129 Å². The average molecular weight is 543 g/mol. The van der Waals surface area contributed by atoms with E-state index in [1.807, 2.05) is 48.6 Å². The summed E-state index contributed by atoms with van der Waals surface area (Å²) in [4.78, 5) is 31.4. The second kappa shape index (κ2) is 11.1. The van der Waals surface area contributed by atoms with Crippen molar-refractivity contribution in [3.63, 3.8) is 0 Å². The zero-order chi connectivity index (χ0) is 26.6. The van der Waals surface area contributed by atoms with Gasteiger partial charge in [-0.05, 0) is 50.2 Å². The second-order valence-corrected chi connectivity index (χ2v) is 12.2. The van der Waals surface area contributed by atoms with E-state index in [-0.39, 0.29) is 23.8 Å². The molecule has 0 fully saturated rings. The van der Waals surface area contributed by atoms with Gasteiger partial charge in [0.05, 0.1) is 29.0 Å². The molecule has 1 aliphatic rings. The predicted molar refractivity (Wildman–Crippen MR) is 142 cm³/mol. The number of fused-ring (bicyclic) bond motifs is 1. The number of carboxylic acid groups (broad SMARTS) is 1. The maximum absolute atomic E-state index is 13.2. The van der Waals surface area contributed by atoms with Crippen LogP contribution in [-0.4, -0.2) is 62.5 Å². The first-order valence-corrected chi connectivity index (χ1v) is 14.2. The molecule has 1 aliphatic carbocycles. The number of nitrogens with zero attached hydrogens (tertiary/aromatic N) is 2. The largest absolute Gasteiger partial charge is 0.481 e. The number of aliphatic carboxylic acids is 1. The number of carbonyl (C=O) groups is 2. The van der Waals surface area contributed by atoms with Crippen molar-refractivity contribution in [1.82, 2.24) is 19.9 Å². The van der Waals surface area contributed by atoms with E-state index in [9.17, 15) is 23.1 Å². The summed E-state index contributed by atoms with van der Waals surface area (Å²) in [6.45, 7) is 1.10. The predicted octanol–water partition coefficient (Wildman–Crippen LogP) is 2.53. The summed E-state index contributed by atoms with van der Waals surface area (Å²) in [5.41, 5.74) is 2.43. The quantitative estimate of drug-likeness (QED) is 0.340. The molecule has 4 rings (SSSR count). The fourth-order valence-corrected chi connectivity index (χ4v) is 6.27. The Morgan fingerprint density at radius 2 is 1.73 bits per heavy atom. The summed E-state index contributed by atoms with van der Waals surface area (Å²) in [5, 5.41) is 14.9. The molecule has 3 N–H and O–H groups in total. The zero-order valence-electron chi connectivity index (χ0n) is 20.7. The number of carbonyl (C=O) groups excluding carboxylic acids is 1. The van der Waals surface area contributed by atoms with Gasteiger partial charge in [0.2, 0.25) is 15.9 Å². The molecule has 1 amide bonds. The van der Waals surface area contributed by atoms with Gasteiger partial charge in [0.1, 0.15) is 5.01 Å². The van der Waals surface area contributed by atoms with Gasteiger partial charge in [0.25, 0.3) is 0 Å². The van der Waals surface area contributed by atoms with Gasteiger partial charge >= 0.3 is 5.97 Å². The van der Waals surface area contributed by atoms with Gasteiger partial charge in [-0.2, -0.15) is 0 Å². The van der Waals surface area contributed by atoms with Gasteiger partial charge in [-0.3, -0.25) is 9.59 Å². The van der Waals surface area contributed by atoms with Crippen LogP contribution >= 0.6 is 11.3 Å². The molecular weight excluding hydrogens is 512 g/mol. The van der Waals surface area contributed by atoms with E-state index in [1.165, 1.54) is 11.3 Å². The first-order chi connectivity index (χ1) is 17.6. The summed E-state index contributed by atoms with van der Waals surface area (Å²) < 4.78 is 27.5. The molecule has 196 valence electrons. The van der Waals surface area contributed by atoms with Crippen molar-refractivity contribution < 1.29 is 23.1 Å². The van der Waals surface area contributed by atoms with Gasteiger partial charge < -0.3 is 15.3 Å². The molecule has 1 aromatic heterocycles. The van der Waals surface area contributed by atoms with Crippen LogP contribution in [0.15, 0.2) is 58.8 Å². The van der Waals surface area contributed by atoms with Crippen LogP contribution in [0.25, 0.3) is 11.3 Å². The highest BCUT2D eigenvalue weighted by molar-refractivity contribution is 7.89. The highest BCUT2D eigenvalue weighted by atomic mass is 32.2. The molecule has 1 heterocycles. The van der Waals surface area contributed by atoms with Crippen LogP contribution in [0.3, 0.4) is 0 Å². The fourth-order valence-electron chi connectivity index (χ4n) is 4.51. The number of benzene rings is 2. The van der Waals surface area contributed by atoms with Gasteiger partial charge in [-0.1, -0.05) is 36.4 Å². The third-order valence-electron chi connectivity index (χ3n) is 6.41. The third kappa shape index (κ3) is 6.42. The molecule has 0 saturated heterocycles. The molecule has 2 aromatic carbocycles. The van der Waals surface area contributed by atoms with Crippen molar-refractivity contribution in [2.24, 2.45) is 5.41 Å². The third-order valence-corrected chi connectivity index (χ3v) is 8.74. The van der Waals surface area contributed by atoms with Gasteiger partial charge in [0.15, 0.2) is 0 Å². The number of rotatable bonds is 11. The minimum absolute atomic E-state index is 0.180. The summed E-state index contributed by atoms with van der Waals surface area (Å²) in [7, 11) is 0.153. The van der Waals surface area contributed by atoms with E-state index in [4.69, 9.17) is 0 Å². The lowest BCUT2D eigenvalue weighted by atomic mass is 9.80. The van der Waals surface area contributed by atoms with Gasteiger partial charge in [-0.25, -0.2) is 18.1 Å². The van der Waals surface area contributed by atoms with Crippen LogP contribution in [0, 0.1) is 5.41 Å². The highest BCUT2D eigenvalue weighted by Crippen LogP contribution is 2.40. The lowest BCUT2D eigenvalue weighted by molar-refractivity contribution is -0.145. The maximum Gasteiger partial charge on any atom is 0.304 e. The van der Waals surface area contributed by atoms with Crippen molar-refractivity contribution in [2.75, 3.05) is 27.2 Å². The van der Waals surface area contributed by atoms with Crippen LogP contribution in [0.5, 0.6) is 0 Å². The lowest BCUT2D eigenvalue weighted by Crippen LogP contribution is -2.43. The number of aromatic nitrogens is 1. The van der Waals surface area contributed by atoms with Crippen molar-refractivity contribution in [3.8, 4) is 11.3 Å². The van der Waals surface area contributed by atoms with E-state index < -0.39 is 21.4 Å². The molecule has 0 bridgehead atoms. The molecule has 0 spiro atoms. The summed E-state index contributed by atoms with van der Waals surface area (Å²) in [6, 6.07) is 14.2. The summed E-state index contributed by atoms with van der Waals surface area (Å²) >= 11 is 1.38. The van der Waals surface area contributed by atoms with Crippen LogP contribution in [0.1, 0.15) is 22.6 Å². The maximum atomic E-state index is 13.2. The average Bonchev–Trinajstić information content (AvgIpc) is 3.47. The smallest absolute Gasteiger partial charge is 0.304 e. The van der Waals surface area contributed by atoms with Crippen molar-refractivity contribution in [2.45, 2.75) is 30.7 Å². The SMILES string of the molecule is CN(C)CCNS(=O)(=O)c1ccc(-c2csc(CNC(=O)C3(CC(=O)O)Cc4ccccc4C3)n2)cc1. The number of thiazole rings is 1. The molecule has 37 heavy (non-hydrogen) atoms. The number of carboxylic acids is 1. The Hall–Kier alpha value is -3.12. The molecule has 9 nitrogen and oxygen atoms in total. The molecule has 0 saturated carbocycles. The molecule has 0 aliphatic heterocycles. The lowest BCUT2D eigenvalue weighted by Gasteiger charge is -2.25. The Morgan fingerprint density at radius 3 is 2.32 bits per heavy atom. The number of hydrogen-bond acceptors (Lipinski definition) is 7. The summed E-state index contributed by atoms with van der Waals surface area (Å²) in [6.07, 6.45) is 0.545. The van der Waals surface area contributed by atoms with Crippen LogP contribution in [0.4, 0.5) is 0 Å². The molecule has 11 heteroatoms. The second-order valence-electron chi connectivity index (χ2n) is 9.51. The Morgan fingerprint density at radius 1 is 1.08 bits per heavy atom. The van der Waals surface area contributed by atoms with E-state index in [1.54, 1.807) is 24.3 Å². The standard InChI is InChI=1S/C26H30N4O5S2/c1-30(2)12-11-28-37(34,35)21-9-7-18(8-10-21)22-17-36-23(29-22)16-27-25(33)26(15-24(31)32)13-19-5-3-4-6-20(19)14-26/h3-10,17,28H,11-16H2,1-2H3,(H,27,33)(H,31,32). The van der Waals surface area contributed by atoms with E-state index in [0.29, 0.717) is 36.6 Å². The minimum atomic E-state index is -3.59. The number of hydrogen-bond donors (Lipinski definition) is 3. The molecular formula is C26H30N4O5S2.